The van der Waals surface area contributed by atoms with Crippen LogP contribution in [0.5, 0.6) is 0 Å². The number of alkyl halides is 3. The summed E-state index contributed by atoms with van der Waals surface area (Å²) in [4.78, 5) is 7.95. The molecular weight excluding hydrogens is 259 g/mol. The van der Waals surface area contributed by atoms with Crippen LogP contribution in [0.2, 0.25) is 0 Å². The minimum absolute atomic E-state index is 0.0960. The van der Waals surface area contributed by atoms with Gasteiger partial charge in [-0.25, -0.2) is 9.97 Å². The summed E-state index contributed by atoms with van der Waals surface area (Å²) in [6.07, 6.45) is 0.235. The Hall–Kier alpha value is -2.51. The van der Waals surface area contributed by atoms with Crippen molar-refractivity contribution in [2.45, 2.75) is 6.18 Å². The van der Waals surface area contributed by atoms with Gasteiger partial charge < -0.3 is 0 Å². The number of hydrogen-bond acceptors (Lipinski definition) is 4. The van der Waals surface area contributed by atoms with Gasteiger partial charge in [-0.1, -0.05) is 0 Å². The molecule has 96 valence electrons. The molecule has 5 nitrogen and oxygen atoms in total. The molecule has 0 aliphatic carbocycles. The highest BCUT2D eigenvalue weighted by atomic mass is 19.4. The van der Waals surface area contributed by atoms with Crippen molar-refractivity contribution in [3.63, 3.8) is 0 Å². The van der Waals surface area contributed by atoms with E-state index < -0.39 is 11.7 Å². The van der Waals surface area contributed by atoms with Crippen LogP contribution in [0.25, 0.3) is 17.0 Å². The maximum absolute atomic E-state index is 12.5. The second-order valence-electron chi connectivity index (χ2n) is 3.78. The minimum atomic E-state index is -4.40. The fourth-order valence-electron chi connectivity index (χ4n) is 1.59. The predicted octanol–water partition coefficient (Wildman–Crippen LogP) is 2.23. The van der Waals surface area contributed by atoms with Gasteiger partial charge in [0.15, 0.2) is 0 Å². The van der Waals surface area contributed by atoms with E-state index in [0.29, 0.717) is 5.52 Å². The zero-order valence-electron chi connectivity index (χ0n) is 9.33. The van der Waals surface area contributed by atoms with Gasteiger partial charge in [-0.2, -0.15) is 13.2 Å². The van der Waals surface area contributed by atoms with E-state index in [1.165, 1.54) is 17.0 Å². The average Bonchev–Trinajstić information content (AvgIpc) is 2.90. The van der Waals surface area contributed by atoms with Gasteiger partial charge in [-0.15, -0.1) is 10.2 Å². The Balaban J connectivity index is 2.11. The first-order valence-corrected chi connectivity index (χ1v) is 5.24. The summed E-state index contributed by atoms with van der Waals surface area (Å²) in [5, 5.41) is 7.52. The van der Waals surface area contributed by atoms with Crippen molar-refractivity contribution >= 4 is 11.0 Å². The van der Waals surface area contributed by atoms with Gasteiger partial charge in [-0.05, 0) is 18.2 Å². The first kappa shape index (κ1) is 11.6. The van der Waals surface area contributed by atoms with E-state index in [4.69, 9.17) is 0 Å². The van der Waals surface area contributed by atoms with Crippen LogP contribution in [0.1, 0.15) is 5.56 Å². The van der Waals surface area contributed by atoms with E-state index in [2.05, 4.69) is 20.2 Å². The molecule has 0 unspecified atom stereocenters. The molecule has 3 aromatic rings. The van der Waals surface area contributed by atoms with Crippen molar-refractivity contribution in [1.29, 1.82) is 0 Å². The third-order valence-corrected chi connectivity index (χ3v) is 2.51. The summed E-state index contributed by atoms with van der Waals surface area (Å²) in [5.41, 5.74) is -0.336. The third kappa shape index (κ3) is 2.12. The molecule has 0 bridgehead atoms. The number of rotatable bonds is 1. The lowest BCUT2D eigenvalue weighted by molar-refractivity contribution is -0.137. The third-order valence-electron chi connectivity index (χ3n) is 2.51. The molecule has 0 saturated carbocycles. The summed E-state index contributed by atoms with van der Waals surface area (Å²) in [6.45, 7) is 0. The lowest BCUT2D eigenvalue weighted by atomic mass is 10.2. The maximum Gasteiger partial charge on any atom is 0.416 e. The van der Waals surface area contributed by atoms with E-state index in [1.54, 1.807) is 12.4 Å². The quantitative estimate of drug-likeness (QED) is 0.677. The van der Waals surface area contributed by atoms with Crippen molar-refractivity contribution in [3.8, 4) is 5.95 Å². The largest absolute Gasteiger partial charge is 0.416 e. The molecule has 0 fully saturated rings. The smallest absolute Gasteiger partial charge is 0.273 e. The molecule has 0 amide bonds. The predicted molar refractivity (Wildman–Crippen MR) is 59.5 cm³/mol. The van der Waals surface area contributed by atoms with Gasteiger partial charge in [-0.3, -0.25) is 4.57 Å². The summed E-state index contributed by atoms with van der Waals surface area (Å²) in [6, 6.07) is 3.16. The summed E-state index contributed by atoms with van der Waals surface area (Å²) in [5.74, 6) is 0.254. The van der Waals surface area contributed by atoms with Crippen LogP contribution in [0.3, 0.4) is 0 Å². The topological polar surface area (TPSA) is 56.5 Å². The highest BCUT2D eigenvalue weighted by Gasteiger charge is 2.30. The standard InChI is InChI=1S/C11H6F3N5/c12-11(13,14)7-1-2-8-9(5-7)17-18-10(16-8)19-4-3-15-6-19/h1-6H. The van der Waals surface area contributed by atoms with Crippen LogP contribution < -0.4 is 0 Å². The zero-order chi connectivity index (χ0) is 13.5. The Kier molecular flexibility index (Phi) is 2.44. The first-order chi connectivity index (χ1) is 9.04. The van der Waals surface area contributed by atoms with Crippen molar-refractivity contribution < 1.29 is 13.2 Å². The molecule has 0 radical (unpaired) electrons. The number of nitrogens with zero attached hydrogens (tertiary/aromatic N) is 5. The van der Waals surface area contributed by atoms with Crippen LogP contribution in [0, 0.1) is 0 Å². The number of fused-ring (bicyclic) bond motifs is 1. The Bertz CT molecular complexity index is 721. The lowest BCUT2D eigenvalue weighted by Gasteiger charge is -2.07. The molecule has 3 rings (SSSR count). The van der Waals surface area contributed by atoms with Crippen LogP contribution in [-0.4, -0.2) is 24.7 Å². The van der Waals surface area contributed by atoms with Crippen LogP contribution in [-0.2, 0) is 6.18 Å². The molecule has 0 aliphatic heterocycles. The van der Waals surface area contributed by atoms with E-state index in [0.717, 1.165) is 12.1 Å². The first-order valence-electron chi connectivity index (χ1n) is 5.24. The van der Waals surface area contributed by atoms with Gasteiger partial charge in [0.25, 0.3) is 5.95 Å². The van der Waals surface area contributed by atoms with Gasteiger partial charge in [0, 0.05) is 12.4 Å². The SMILES string of the molecule is FC(F)(F)c1ccc2nc(-n3ccnc3)nnc2c1. The van der Waals surface area contributed by atoms with E-state index in [1.807, 2.05) is 0 Å². The summed E-state index contributed by atoms with van der Waals surface area (Å²) >= 11 is 0. The molecule has 2 heterocycles. The second-order valence-corrected chi connectivity index (χ2v) is 3.78. The molecule has 19 heavy (non-hydrogen) atoms. The molecule has 0 spiro atoms. The average molecular weight is 265 g/mol. The lowest BCUT2D eigenvalue weighted by Crippen LogP contribution is -2.06. The van der Waals surface area contributed by atoms with Crippen LogP contribution in [0.15, 0.2) is 36.9 Å². The molecule has 2 aromatic heterocycles. The Morgan fingerprint density at radius 1 is 1.05 bits per heavy atom. The maximum atomic E-state index is 12.5. The van der Waals surface area contributed by atoms with Crippen LogP contribution >= 0.6 is 0 Å². The molecule has 0 N–H and O–H groups in total. The highest BCUT2D eigenvalue weighted by Crippen LogP contribution is 2.30. The normalized spacial score (nSPS) is 11.9. The molecule has 0 aliphatic rings. The zero-order valence-corrected chi connectivity index (χ0v) is 9.33. The monoisotopic (exact) mass is 265 g/mol. The Morgan fingerprint density at radius 2 is 1.89 bits per heavy atom. The fourth-order valence-corrected chi connectivity index (χ4v) is 1.59. The van der Waals surface area contributed by atoms with Gasteiger partial charge >= 0.3 is 6.18 Å². The number of imidazole rings is 1. The fraction of sp³-hybridized carbons (Fsp3) is 0.0909. The highest BCUT2D eigenvalue weighted by molar-refractivity contribution is 5.74. The number of halogens is 3. The van der Waals surface area contributed by atoms with Crippen molar-refractivity contribution in [2.24, 2.45) is 0 Å². The Morgan fingerprint density at radius 3 is 2.58 bits per heavy atom. The van der Waals surface area contributed by atoms with Gasteiger partial charge in [0.05, 0.1) is 11.1 Å². The molecule has 0 atom stereocenters. The summed E-state index contributed by atoms with van der Waals surface area (Å²) in [7, 11) is 0. The molecular formula is C11H6F3N5. The Labute approximate surface area is 104 Å². The van der Waals surface area contributed by atoms with Crippen molar-refractivity contribution in [2.75, 3.05) is 0 Å². The van der Waals surface area contributed by atoms with Gasteiger partial charge in [0.2, 0.25) is 0 Å². The number of benzene rings is 1. The van der Waals surface area contributed by atoms with E-state index in [9.17, 15) is 13.2 Å². The van der Waals surface area contributed by atoms with Gasteiger partial charge in [0.1, 0.15) is 11.8 Å². The molecule has 1 aromatic carbocycles. The summed E-state index contributed by atoms with van der Waals surface area (Å²) < 4.78 is 39.1. The van der Waals surface area contributed by atoms with E-state index >= 15 is 0 Å². The van der Waals surface area contributed by atoms with Crippen molar-refractivity contribution in [3.05, 3.63) is 42.5 Å². The number of hydrogen-bond donors (Lipinski definition) is 0. The van der Waals surface area contributed by atoms with E-state index in [-0.39, 0.29) is 11.5 Å². The minimum Gasteiger partial charge on any atom is -0.273 e. The van der Waals surface area contributed by atoms with Crippen LogP contribution in [0.4, 0.5) is 13.2 Å². The molecule has 0 saturated heterocycles. The second kappa shape index (κ2) is 4.01. The number of aromatic nitrogens is 5. The van der Waals surface area contributed by atoms with Crippen molar-refractivity contribution in [1.82, 2.24) is 24.7 Å². The molecule has 8 heteroatoms.